The van der Waals surface area contributed by atoms with Crippen molar-refractivity contribution in [3.8, 4) is 0 Å². The topological polar surface area (TPSA) is 359 Å². The van der Waals surface area contributed by atoms with E-state index in [0.717, 1.165) is 11.1 Å². The van der Waals surface area contributed by atoms with Gasteiger partial charge < -0.3 is 114 Å². The predicted octanol–water partition coefficient (Wildman–Crippen LogP) is -4.47. The van der Waals surface area contributed by atoms with Crippen LogP contribution in [0.15, 0.2) is 60.7 Å². The molecule has 0 heterocycles. The lowest BCUT2D eigenvalue weighted by Crippen LogP contribution is -2.58. The molecule has 0 saturated heterocycles. The Labute approximate surface area is 421 Å². The summed E-state index contributed by atoms with van der Waals surface area (Å²) in [7, 11) is 0. The number of aliphatic hydroxyl groups is 13. The van der Waals surface area contributed by atoms with Crippen LogP contribution in [-0.4, -0.2) is 283 Å². The number of nitrogens with zero attached hydrogens (tertiary/aromatic N) is 1. The highest BCUT2D eigenvalue weighted by Gasteiger charge is 2.39. The molecule has 2 aromatic carbocycles. The van der Waals surface area contributed by atoms with E-state index in [2.05, 4.69) is 4.90 Å². The van der Waals surface area contributed by atoms with E-state index in [9.17, 15) is 56.2 Å². The molecule has 0 spiro atoms. The highest BCUT2D eigenvalue weighted by atomic mass is 16.6. The van der Waals surface area contributed by atoms with Crippen LogP contribution in [-0.2, 0) is 60.5 Å². The van der Waals surface area contributed by atoms with E-state index >= 15 is 0 Å². The second-order valence-electron chi connectivity index (χ2n) is 17.2. The van der Waals surface area contributed by atoms with Gasteiger partial charge >= 0.3 is 0 Å². The summed E-state index contributed by atoms with van der Waals surface area (Å²) >= 11 is 0. The van der Waals surface area contributed by atoms with E-state index in [0.29, 0.717) is 13.1 Å². The number of hydrogen-bond acceptors (Lipinski definition) is 24. The van der Waals surface area contributed by atoms with Crippen LogP contribution in [0.5, 0.6) is 0 Å². The van der Waals surface area contributed by atoms with Gasteiger partial charge in [-0.1, -0.05) is 60.7 Å². The zero-order chi connectivity index (χ0) is 52.8. The summed E-state index contributed by atoms with van der Waals surface area (Å²) in [4.78, 5) is 2.06. The lowest BCUT2D eigenvalue weighted by molar-refractivity contribution is -0.172. The van der Waals surface area contributed by atoms with Crippen LogP contribution in [0, 0.1) is 0 Å². The van der Waals surface area contributed by atoms with Crippen molar-refractivity contribution < 1.29 is 114 Å². The minimum Gasteiger partial charge on any atom is -0.394 e. The third-order valence-electron chi connectivity index (χ3n) is 10.5. The lowest BCUT2D eigenvalue weighted by atomic mass is 9.97. The molecule has 0 aromatic heterocycles. The second-order valence-corrected chi connectivity index (χ2v) is 17.2. The first-order chi connectivity index (χ1) is 34.8. The maximum atomic E-state index is 11.0. The first kappa shape index (κ1) is 65.6. The van der Waals surface area contributed by atoms with Gasteiger partial charge in [0.05, 0.1) is 157 Å². The van der Waals surface area contributed by atoms with E-state index in [1.807, 2.05) is 60.7 Å². The maximum Gasteiger partial charge on any atom is 0.178 e. The average molecular weight is 1040 g/mol. The molecule has 11 atom stereocenters. The van der Waals surface area contributed by atoms with Gasteiger partial charge in [0.25, 0.3) is 0 Å². The summed E-state index contributed by atoms with van der Waals surface area (Å²) in [6.45, 7) is -5.71. The summed E-state index contributed by atoms with van der Waals surface area (Å²) < 4.78 is 58.1. The van der Waals surface area contributed by atoms with Gasteiger partial charge in [0.2, 0.25) is 0 Å². The molecule has 0 fully saturated rings. The van der Waals surface area contributed by atoms with Crippen molar-refractivity contribution in [1.29, 1.82) is 0 Å². The zero-order valence-corrected chi connectivity index (χ0v) is 41.1. The van der Waals surface area contributed by atoms with E-state index in [1.54, 1.807) is 0 Å². The van der Waals surface area contributed by atoms with Crippen LogP contribution >= 0.6 is 0 Å². The van der Waals surface area contributed by atoms with Crippen LogP contribution in [0.25, 0.3) is 0 Å². The molecule has 2 aromatic rings. The smallest absolute Gasteiger partial charge is 0.178 e. The summed E-state index contributed by atoms with van der Waals surface area (Å²) in [5.41, 5.74) is 0.547. The molecule has 72 heavy (non-hydrogen) atoms. The van der Waals surface area contributed by atoms with E-state index < -0.39 is 106 Å². The maximum absolute atomic E-state index is 11.0. The normalized spacial score (nSPS) is 17.2. The molecule has 0 aliphatic heterocycles. The van der Waals surface area contributed by atoms with Crippen LogP contribution in [0.3, 0.4) is 0 Å². The molecule has 24 nitrogen and oxygen atoms in total. The molecule has 0 radical (unpaired) electrons. The molecule has 0 aliphatic rings. The molecule has 11 unspecified atom stereocenters. The fourth-order valence-electron chi connectivity index (χ4n) is 6.47. The fourth-order valence-corrected chi connectivity index (χ4v) is 6.47. The second kappa shape index (κ2) is 40.7. The number of benzene rings is 2. The predicted molar refractivity (Wildman–Crippen MR) is 254 cm³/mol. The molecule has 0 aliphatic carbocycles. The summed E-state index contributed by atoms with van der Waals surface area (Å²) in [6, 6.07) is 19.1. The Kier molecular flexibility index (Phi) is 37.1. The Morgan fingerprint density at radius 2 is 0.736 bits per heavy atom. The van der Waals surface area contributed by atoms with Crippen LogP contribution in [0.1, 0.15) is 17.5 Å². The van der Waals surface area contributed by atoms with Crippen molar-refractivity contribution in [2.24, 2.45) is 0 Å². The Morgan fingerprint density at radius 1 is 0.361 bits per heavy atom. The number of hydrogen-bond donors (Lipinski definition) is 13. The van der Waals surface area contributed by atoms with Gasteiger partial charge in [-0.25, -0.2) is 0 Å². The first-order valence-corrected chi connectivity index (χ1v) is 24.0. The number of rotatable bonds is 48. The third-order valence-corrected chi connectivity index (χ3v) is 10.5. The lowest BCUT2D eigenvalue weighted by Gasteiger charge is -2.44. The molecule has 24 heteroatoms. The van der Waals surface area contributed by atoms with E-state index in [1.165, 1.54) is 0 Å². The summed E-state index contributed by atoms with van der Waals surface area (Å²) in [6.07, 6.45) is -10.7. The van der Waals surface area contributed by atoms with Crippen LogP contribution in [0.4, 0.5) is 0 Å². The quantitative estimate of drug-likeness (QED) is 0.0278. The van der Waals surface area contributed by atoms with E-state index in [4.69, 9.17) is 57.6 Å². The highest BCUT2D eigenvalue weighted by Crippen LogP contribution is 2.25. The highest BCUT2D eigenvalue weighted by molar-refractivity contribution is 5.18. The van der Waals surface area contributed by atoms with Gasteiger partial charge in [0.15, 0.2) is 6.29 Å². The first-order valence-electron chi connectivity index (χ1n) is 24.0. The van der Waals surface area contributed by atoms with Crippen molar-refractivity contribution in [2.45, 2.75) is 86.3 Å². The molecule has 0 saturated carbocycles. The Morgan fingerprint density at radius 3 is 1.22 bits per heavy atom. The van der Waals surface area contributed by atoms with Gasteiger partial charge in [0, 0.05) is 13.1 Å². The van der Waals surface area contributed by atoms with Gasteiger partial charge in [-0.05, 0) is 17.5 Å². The summed E-state index contributed by atoms with van der Waals surface area (Å²) in [5, 5.41) is 127. The Hall–Kier alpha value is -2.52. The van der Waals surface area contributed by atoms with Crippen molar-refractivity contribution in [2.75, 3.05) is 145 Å². The van der Waals surface area contributed by atoms with Crippen molar-refractivity contribution in [3.05, 3.63) is 71.8 Å². The molecule has 13 N–H and O–H groups in total. The molecular formula is C48H83NO23. The monoisotopic (exact) mass is 1040 g/mol. The minimum absolute atomic E-state index is 0.0616. The standard InChI is InChI=1S/C48H83NO23/c50-15-38(56)21-63-24-43(61)25-66-33-48(49(13-36-7-3-1-4-8-36)14-37-9-5-2-6-10-37,34-67-29-45(20-55)72-31-46(71-27-42(60)19-54)30-65-23-40(58)17-52)35-68-32-47(62)69-12-11-44(70-26-41(59)18-53)28-64-22-39(57)16-51/h1-10,38-47,50-62H,11-35H2. The largest absolute Gasteiger partial charge is 0.394 e. The zero-order valence-electron chi connectivity index (χ0n) is 41.1. The fraction of sp³-hybridized carbons (Fsp3) is 0.750. The Balaban J connectivity index is 2.42. The van der Waals surface area contributed by atoms with Crippen LogP contribution in [0.2, 0.25) is 0 Å². The molecule has 0 bridgehead atoms. The summed E-state index contributed by atoms with van der Waals surface area (Å²) in [5.74, 6) is 0. The van der Waals surface area contributed by atoms with Gasteiger partial charge in [-0.15, -0.1) is 0 Å². The number of ether oxygens (including phenoxy) is 10. The SMILES string of the molecule is OCC(O)COCC(O)COCC(COCC(O)OCCC(COCC(O)CO)OCC(O)CO)(COCC(CO)OCC(COCC(O)CO)OCC(O)CO)N(Cc1ccccc1)Cc1ccccc1. The molecule has 0 amide bonds. The minimum atomic E-state index is -1.48. The van der Waals surface area contributed by atoms with Crippen LogP contribution < -0.4 is 0 Å². The van der Waals surface area contributed by atoms with Gasteiger partial charge in [-0.2, -0.15) is 0 Å². The molecule has 418 valence electrons. The number of aliphatic hydroxyl groups excluding tert-OH is 13. The average Bonchev–Trinajstić information content (AvgIpc) is 3.39. The van der Waals surface area contributed by atoms with Gasteiger partial charge in [0.1, 0.15) is 48.8 Å². The Bertz CT molecular complexity index is 1490. The molecule has 2 rings (SSSR count). The van der Waals surface area contributed by atoms with Crippen molar-refractivity contribution >= 4 is 0 Å². The van der Waals surface area contributed by atoms with E-state index in [-0.39, 0.29) is 112 Å². The van der Waals surface area contributed by atoms with Gasteiger partial charge in [-0.3, -0.25) is 4.90 Å². The molecular weight excluding hydrogens is 959 g/mol. The van der Waals surface area contributed by atoms with Crippen molar-refractivity contribution in [1.82, 2.24) is 4.90 Å². The third kappa shape index (κ3) is 30.1. The van der Waals surface area contributed by atoms with Crippen molar-refractivity contribution in [3.63, 3.8) is 0 Å².